The van der Waals surface area contributed by atoms with Crippen molar-refractivity contribution in [3.63, 3.8) is 0 Å². The van der Waals surface area contributed by atoms with Gasteiger partial charge in [-0.05, 0) is 32.1 Å². The van der Waals surface area contributed by atoms with Gasteiger partial charge >= 0.3 is 11.9 Å². The van der Waals surface area contributed by atoms with Crippen molar-refractivity contribution in [2.24, 2.45) is 0 Å². The Morgan fingerprint density at radius 1 is 1.22 bits per heavy atom. The molecule has 0 saturated carbocycles. The number of esters is 2. The normalized spacial score (nSPS) is 13.0. The molecule has 1 heterocycles. The maximum absolute atomic E-state index is 13.7. The Morgan fingerprint density at radius 2 is 1.89 bits per heavy atom. The predicted octanol–water partition coefficient (Wildman–Crippen LogP) is 1.32. The zero-order chi connectivity index (χ0) is 19.8. The minimum absolute atomic E-state index is 0.0134. The molecule has 2 rings (SSSR count). The third kappa shape index (κ3) is 5.52. The molecule has 8 nitrogen and oxygen atoms in total. The van der Waals surface area contributed by atoms with E-state index in [1.807, 2.05) is 0 Å². The summed E-state index contributed by atoms with van der Waals surface area (Å²) in [5, 5.41) is 2.22. The number of carbonyl (C=O) groups excluding carboxylic acids is 3. The molecule has 0 fully saturated rings. The van der Waals surface area contributed by atoms with Crippen LogP contribution in [0.15, 0.2) is 18.2 Å². The fourth-order valence-corrected chi connectivity index (χ4v) is 2.35. The SMILES string of the molecule is CCOC(=O)C(NC(=O)/C=C/c1cc(F)cc2c1OCOC2)C(=O)OCC. The first-order chi connectivity index (χ1) is 13.0. The number of fused-ring (bicyclic) bond motifs is 1. The molecule has 0 unspecified atom stereocenters. The van der Waals surface area contributed by atoms with Crippen molar-refractivity contribution >= 4 is 23.9 Å². The van der Waals surface area contributed by atoms with Gasteiger partial charge in [0.25, 0.3) is 0 Å². The summed E-state index contributed by atoms with van der Waals surface area (Å²) in [5.41, 5.74) is 0.838. The second-order valence-corrected chi connectivity index (χ2v) is 5.37. The maximum atomic E-state index is 13.7. The number of ether oxygens (including phenoxy) is 4. The first-order valence-corrected chi connectivity index (χ1v) is 8.31. The fourth-order valence-electron chi connectivity index (χ4n) is 2.35. The van der Waals surface area contributed by atoms with Gasteiger partial charge in [0.2, 0.25) is 11.9 Å². The van der Waals surface area contributed by atoms with Gasteiger partial charge in [-0.15, -0.1) is 0 Å². The highest BCUT2D eigenvalue weighted by Crippen LogP contribution is 2.30. The van der Waals surface area contributed by atoms with Gasteiger partial charge < -0.3 is 24.3 Å². The molecule has 9 heteroatoms. The summed E-state index contributed by atoms with van der Waals surface area (Å²) in [5.74, 6) is -2.73. The van der Waals surface area contributed by atoms with E-state index in [-0.39, 0.29) is 26.6 Å². The van der Waals surface area contributed by atoms with Crippen LogP contribution in [0, 0.1) is 5.82 Å². The monoisotopic (exact) mass is 381 g/mol. The Bertz CT molecular complexity index is 729. The first kappa shape index (κ1) is 20.4. The van der Waals surface area contributed by atoms with Crippen molar-refractivity contribution in [3.8, 4) is 5.75 Å². The molecule has 0 atom stereocenters. The lowest BCUT2D eigenvalue weighted by molar-refractivity contribution is -0.159. The van der Waals surface area contributed by atoms with Crippen LogP contribution >= 0.6 is 0 Å². The minimum Gasteiger partial charge on any atom is -0.467 e. The molecule has 0 aromatic heterocycles. The Morgan fingerprint density at radius 3 is 2.52 bits per heavy atom. The van der Waals surface area contributed by atoms with Crippen molar-refractivity contribution in [3.05, 3.63) is 35.2 Å². The Labute approximate surface area is 155 Å². The molecule has 1 aromatic rings. The van der Waals surface area contributed by atoms with Crippen LogP contribution in [0.3, 0.4) is 0 Å². The largest absolute Gasteiger partial charge is 0.467 e. The highest BCUT2D eigenvalue weighted by Gasteiger charge is 2.30. The molecular weight excluding hydrogens is 361 g/mol. The Balaban J connectivity index is 2.14. The fraction of sp³-hybridized carbons (Fsp3) is 0.389. The lowest BCUT2D eigenvalue weighted by Gasteiger charge is -2.19. The van der Waals surface area contributed by atoms with Crippen LogP contribution in [0.25, 0.3) is 6.08 Å². The molecular formula is C18H20FNO7. The Hall–Kier alpha value is -2.94. The molecule has 0 radical (unpaired) electrons. The molecule has 1 N–H and O–H groups in total. The predicted molar refractivity (Wildman–Crippen MR) is 90.9 cm³/mol. The van der Waals surface area contributed by atoms with Crippen LogP contribution in [0.4, 0.5) is 4.39 Å². The van der Waals surface area contributed by atoms with Crippen molar-refractivity contribution in [1.82, 2.24) is 5.32 Å². The van der Waals surface area contributed by atoms with Gasteiger partial charge in [-0.25, -0.2) is 14.0 Å². The van der Waals surface area contributed by atoms with Gasteiger partial charge in [0.1, 0.15) is 11.6 Å². The van der Waals surface area contributed by atoms with E-state index in [9.17, 15) is 18.8 Å². The number of carbonyl (C=O) groups is 3. The summed E-state index contributed by atoms with van der Waals surface area (Å²) in [6.45, 7) is 3.41. The molecule has 27 heavy (non-hydrogen) atoms. The lowest BCUT2D eigenvalue weighted by Crippen LogP contribution is -2.47. The molecule has 1 aliphatic heterocycles. The molecule has 0 saturated heterocycles. The average molecular weight is 381 g/mol. The number of benzene rings is 1. The number of rotatable bonds is 7. The summed E-state index contributed by atoms with van der Waals surface area (Å²) in [6, 6.07) is 0.888. The van der Waals surface area contributed by atoms with Crippen molar-refractivity contribution in [1.29, 1.82) is 0 Å². The number of amides is 1. The van der Waals surface area contributed by atoms with E-state index < -0.39 is 29.7 Å². The van der Waals surface area contributed by atoms with Gasteiger partial charge in [-0.2, -0.15) is 0 Å². The van der Waals surface area contributed by atoms with E-state index in [1.165, 1.54) is 18.2 Å². The topological polar surface area (TPSA) is 100 Å². The van der Waals surface area contributed by atoms with Gasteiger partial charge in [0, 0.05) is 17.2 Å². The van der Waals surface area contributed by atoms with Crippen LogP contribution in [-0.4, -0.2) is 43.9 Å². The van der Waals surface area contributed by atoms with Crippen molar-refractivity contribution in [2.75, 3.05) is 20.0 Å². The summed E-state index contributed by atoms with van der Waals surface area (Å²) in [6.07, 6.45) is 2.37. The smallest absolute Gasteiger partial charge is 0.340 e. The van der Waals surface area contributed by atoms with Crippen molar-refractivity contribution < 1.29 is 37.7 Å². The van der Waals surface area contributed by atoms with Gasteiger partial charge in [-0.1, -0.05) is 0 Å². The van der Waals surface area contributed by atoms with E-state index in [0.29, 0.717) is 16.9 Å². The van der Waals surface area contributed by atoms with Gasteiger partial charge in [-0.3, -0.25) is 4.79 Å². The number of hydrogen-bond donors (Lipinski definition) is 1. The zero-order valence-electron chi connectivity index (χ0n) is 15.0. The summed E-state index contributed by atoms with van der Waals surface area (Å²) in [7, 11) is 0. The van der Waals surface area contributed by atoms with Gasteiger partial charge in [0.05, 0.1) is 19.8 Å². The number of hydrogen-bond acceptors (Lipinski definition) is 7. The van der Waals surface area contributed by atoms with Crippen LogP contribution in [0.5, 0.6) is 5.75 Å². The number of halogens is 1. The van der Waals surface area contributed by atoms with Gasteiger partial charge in [0.15, 0.2) is 6.79 Å². The first-order valence-electron chi connectivity index (χ1n) is 8.31. The molecule has 146 valence electrons. The van der Waals surface area contributed by atoms with E-state index in [2.05, 4.69) is 5.32 Å². The second kappa shape index (κ2) is 9.67. The maximum Gasteiger partial charge on any atom is 0.340 e. The molecule has 0 bridgehead atoms. The van der Waals surface area contributed by atoms with Crippen LogP contribution in [0.2, 0.25) is 0 Å². The molecule has 1 amide bonds. The highest BCUT2D eigenvalue weighted by molar-refractivity contribution is 6.04. The average Bonchev–Trinajstić information content (AvgIpc) is 2.64. The molecule has 0 spiro atoms. The van der Waals surface area contributed by atoms with E-state index in [1.54, 1.807) is 13.8 Å². The summed E-state index contributed by atoms with van der Waals surface area (Å²) < 4.78 is 33.7. The second-order valence-electron chi connectivity index (χ2n) is 5.37. The zero-order valence-corrected chi connectivity index (χ0v) is 15.0. The number of nitrogens with one attached hydrogen (secondary N) is 1. The van der Waals surface area contributed by atoms with E-state index >= 15 is 0 Å². The highest BCUT2D eigenvalue weighted by atomic mass is 19.1. The van der Waals surface area contributed by atoms with Crippen LogP contribution in [0.1, 0.15) is 25.0 Å². The third-order valence-corrected chi connectivity index (χ3v) is 3.45. The minimum atomic E-state index is -1.59. The Kier molecular flexibility index (Phi) is 7.30. The quantitative estimate of drug-likeness (QED) is 0.432. The van der Waals surface area contributed by atoms with E-state index in [0.717, 1.165) is 6.08 Å². The standard InChI is InChI=1S/C18H20FNO7/c1-3-25-17(22)15(18(23)26-4-2)20-14(21)6-5-11-7-13(19)8-12-9-24-10-27-16(11)12/h5-8,15H,3-4,9-10H2,1-2H3,(H,20,21)/b6-5+. The van der Waals surface area contributed by atoms with Crippen LogP contribution < -0.4 is 10.1 Å². The summed E-state index contributed by atoms with van der Waals surface area (Å²) in [4.78, 5) is 35.8. The van der Waals surface area contributed by atoms with E-state index in [4.69, 9.17) is 18.9 Å². The van der Waals surface area contributed by atoms with Crippen LogP contribution in [-0.2, 0) is 35.2 Å². The van der Waals surface area contributed by atoms with Crippen molar-refractivity contribution in [2.45, 2.75) is 26.5 Å². The lowest BCUT2D eigenvalue weighted by atomic mass is 10.1. The molecule has 1 aromatic carbocycles. The summed E-state index contributed by atoms with van der Waals surface area (Å²) >= 11 is 0. The molecule has 0 aliphatic carbocycles. The molecule has 1 aliphatic rings. The third-order valence-electron chi connectivity index (χ3n) is 3.45.